The van der Waals surface area contributed by atoms with Crippen LogP contribution in [0.15, 0.2) is 59.1 Å². The fraction of sp³-hybridized carbons (Fsp3) is 0.304. The van der Waals surface area contributed by atoms with Crippen LogP contribution in [0.2, 0.25) is 0 Å². The Balaban J connectivity index is 1.37. The highest BCUT2D eigenvalue weighted by molar-refractivity contribution is 5.91. The van der Waals surface area contributed by atoms with Gasteiger partial charge in [0.2, 0.25) is 5.91 Å². The molecule has 5 nitrogen and oxygen atoms in total. The number of carbonyl (C=O) groups excluding carboxylic acids is 1. The summed E-state index contributed by atoms with van der Waals surface area (Å²) in [7, 11) is 1.68. The van der Waals surface area contributed by atoms with Crippen molar-refractivity contribution in [2.24, 2.45) is 0 Å². The Hall–Kier alpha value is -3.08. The average Bonchev–Trinajstić information content (AvgIpc) is 3.42. The van der Waals surface area contributed by atoms with Crippen LogP contribution in [-0.4, -0.2) is 29.6 Å². The van der Waals surface area contributed by atoms with Gasteiger partial charge in [0.1, 0.15) is 5.75 Å². The fourth-order valence-electron chi connectivity index (χ4n) is 4.08. The minimum absolute atomic E-state index is 0.168. The van der Waals surface area contributed by atoms with Gasteiger partial charge in [-0.2, -0.15) is 0 Å². The van der Waals surface area contributed by atoms with Gasteiger partial charge in [0, 0.05) is 24.7 Å². The lowest BCUT2D eigenvalue weighted by atomic mass is 9.95. The van der Waals surface area contributed by atoms with Gasteiger partial charge >= 0.3 is 0 Å². The molecule has 3 aromatic rings. The Kier molecular flexibility index (Phi) is 3.97. The zero-order valence-corrected chi connectivity index (χ0v) is 15.9. The van der Waals surface area contributed by atoms with Crippen LogP contribution in [0.1, 0.15) is 29.7 Å². The fourth-order valence-corrected chi connectivity index (χ4v) is 4.08. The highest BCUT2D eigenvalue weighted by Gasteiger charge is 2.55. The third-order valence-corrected chi connectivity index (χ3v) is 5.93. The van der Waals surface area contributed by atoms with E-state index in [1.165, 1.54) is 11.1 Å². The van der Waals surface area contributed by atoms with E-state index < -0.39 is 5.41 Å². The van der Waals surface area contributed by atoms with Crippen molar-refractivity contribution >= 4 is 5.91 Å². The number of amides is 1. The maximum absolute atomic E-state index is 13.4. The number of rotatable bonds is 4. The third kappa shape index (κ3) is 2.78. The number of fused-ring (bicyclic) bond motifs is 1. The van der Waals surface area contributed by atoms with Crippen molar-refractivity contribution in [2.45, 2.75) is 31.2 Å². The number of carbonyl (C=O) groups is 1. The molecule has 0 spiro atoms. The Morgan fingerprint density at radius 2 is 1.93 bits per heavy atom. The number of ether oxygens (including phenoxy) is 1. The highest BCUT2D eigenvalue weighted by Crippen LogP contribution is 2.50. The van der Waals surface area contributed by atoms with Crippen molar-refractivity contribution in [1.82, 2.24) is 10.1 Å². The van der Waals surface area contributed by atoms with Gasteiger partial charge in [-0.15, -0.1) is 0 Å². The van der Waals surface area contributed by atoms with Crippen LogP contribution < -0.4 is 4.74 Å². The first-order valence-corrected chi connectivity index (χ1v) is 9.67. The van der Waals surface area contributed by atoms with Crippen LogP contribution in [0.5, 0.6) is 5.75 Å². The number of nitrogens with zero attached hydrogens (tertiary/aromatic N) is 2. The SMILES string of the molecule is COc1ccc2c(c1)CCN(C(=O)C1(c3cc(-c4ccccc4)on3)CC1)C2. The van der Waals surface area contributed by atoms with Crippen molar-refractivity contribution in [3.05, 3.63) is 71.4 Å². The van der Waals surface area contributed by atoms with Crippen LogP contribution >= 0.6 is 0 Å². The molecule has 1 saturated carbocycles. The quantitative estimate of drug-likeness (QED) is 0.693. The molecule has 0 bridgehead atoms. The van der Waals surface area contributed by atoms with Crippen molar-refractivity contribution < 1.29 is 14.1 Å². The lowest BCUT2D eigenvalue weighted by Gasteiger charge is -2.31. The maximum Gasteiger partial charge on any atom is 0.235 e. The number of benzene rings is 2. The van der Waals surface area contributed by atoms with Crippen molar-refractivity contribution in [3.63, 3.8) is 0 Å². The van der Waals surface area contributed by atoms with E-state index in [4.69, 9.17) is 9.26 Å². The second kappa shape index (κ2) is 6.51. The van der Waals surface area contributed by atoms with E-state index in [2.05, 4.69) is 17.3 Å². The average molecular weight is 374 g/mol. The first-order chi connectivity index (χ1) is 13.7. The molecule has 2 aromatic carbocycles. The van der Waals surface area contributed by atoms with Crippen LogP contribution in [0.3, 0.4) is 0 Å². The molecule has 1 amide bonds. The highest BCUT2D eigenvalue weighted by atomic mass is 16.5. The zero-order valence-electron chi connectivity index (χ0n) is 15.9. The monoisotopic (exact) mass is 374 g/mol. The van der Waals surface area contributed by atoms with Gasteiger partial charge in [-0.3, -0.25) is 4.79 Å². The Morgan fingerprint density at radius 1 is 1.11 bits per heavy atom. The molecule has 5 heteroatoms. The summed E-state index contributed by atoms with van der Waals surface area (Å²) in [6.07, 6.45) is 2.51. The first kappa shape index (κ1) is 17.0. The number of methoxy groups -OCH3 is 1. The summed E-state index contributed by atoms with van der Waals surface area (Å²) in [6, 6.07) is 17.9. The Bertz CT molecular complexity index is 1020. The Morgan fingerprint density at radius 3 is 2.68 bits per heavy atom. The molecule has 0 unspecified atom stereocenters. The molecular weight excluding hydrogens is 352 g/mol. The molecule has 0 saturated heterocycles. The largest absolute Gasteiger partial charge is 0.497 e. The summed E-state index contributed by atoms with van der Waals surface area (Å²) in [5.41, 5.74) is 3.69. The minimum Gasteiger partial charge on any atom is -0.497 e. The van der Waals surface area contributed by atoms with Gasteiger partial charge in [0.05, 0.1) is 18.2 Å². The van der Waals surface area contributed by atoms with Crippen LogP contribution in [0.4, 0.5) is 0 Å². The van der Waals surface area contributed by atoms with Crippen molar-refractivity contribution in [2.75, 3.05) is 13.7 Å². The molecule has 2 aliphatic rings. The Labute approximate surface area is 163 Å². The first-order valence-electron chi connectivity index (χ1n) is 9.67. The van der Waals surface area contributed by atoms with Gasteiger partial charge in [-0.25, -0.2) is 0 Å². The topological polar surface area (TPSA) is 55.6 Å². The molecule has 0 atom stereocenters. The molecule has 142 valence electrons. The van der Waals surface area contributed by atoms with Gasteiger partial charge in [0.15, 0.2) is 5.76 Å². The number of hydrogen-bond acceptors (Lipinski definition) is 4. The van der Waals surface area contributed by atoms with E-state index in [0.717, 1.165) is 42.8 Å². The normalized spacial score (nSPS) is 17.1. The molecule has 1 aromatic heterocycles. The molecule has 1 aliphatic heterocycles. The predicted molar refractivity (Wildman–Crippen MR) is 105 cm³/mol. The zero-order chi connectivity index (χ0) is 19.1. The van der Waals surface area contributed by atoms with E-state index in [1.807, 2.05) is 47.4 Å². The van der Waals surface area contributed by atoms with Crippen LogP contribution in [0.25, 0.3) is 11.3 Å². The van der Waals surface area contributed by atoms with E-state index in [1.54, 1.807) is 7.11 Å². The number of aromatic nitrogens is 1. The molecular formula is C23H22N2O3. The maximum atomic E-state index is 13.4. The van der Waals surface area contributed by atoms with Gasteiger partial charge in [0.25, 0.3) is 0 Å². The summed E-state index contributed by atoms with van der Waals surface area (Å²) < 4.78 is 10.9. The summed E-state index contributed by atoms with van der Waals surface area (Å²) in [5.74, 6) is 1.75. The van der Waals surface area contributed by atoms with Crippen LogP contribution in [0, 0.1) is 0 Å². The molecule has 0 radical (unpaired) electrons. The second-order valence-corrected chi connectivity index (χ2v) is 7.64. The lowest BCUT2D eigenvalue weighted by Crippen LogP contribution is -2.42. The lowest BCUT2D eigenvalue weighted by molar-refractivity contribution is -0.135. The molecule has 0 N–H and O–H groups in total. The third-order valence-electron chi connectivity index (χ3n) is 5.93. The summed E-state index contributed by atoms with van der Waals surface area (Å²) in [6.45, 7) is 1.37. The molecule has 28 heavy (non-hydrogen) atoms. The van der Waals surface area contributed by atoms with Gasteiger partial charge in [-0.1, -0.05) is 41.6 Å². The summed E-state index contributed by atoms with van der Waals surface area (Å²) >= 11 is 0. The molecule has 1 fully saturated rings. The molecule has 1 aliphatic carbocycles. The van der Waals surface area contributed by atoms with Gasteiger partial charge in [-0.05, 0) is 42.5 Å². The van der Waals surface area contributed by atoms with Crippen molar-refractivity contribution in [3.8, 4) is 17.1 Å². The standard InChI is InChI=1S/C23H22N2O3/c1-27-19-8-7-18-15-25(12-9-17(18)13-19)22(26)23(10-11-23)21-14-20(28-24-21)16-5-3-2-4-6-16/h2-8,13-14H,9-12,15H2,1H3. The molecule has 2 heterocycles. The van der Waals surface area contributed by atoms with E-state index in [-0.39, 0.29) is 5.91 Å². The molecule has 5 rings (SSSR count). The second-order valence-electron chi connectivity index (χ2n) is 7.64. The smallest absolute Gasteiger partial charge is 0.235 e. The minimum atomic E-state index is -0.513. The van der Waals surface area contributed by atoms with E-state index >= 15 is 0 Å². The van der Waals surface area contributed by atoms with Gasteiger partial charge < -0.3 is 14.2 Å². The predicted octanol–water partition coefficient (Wildman–Crippen LogP) is 3.97. The summed E-state index contributed by atoms with van der Waals surface area (Å²) in [5, 5.41) is 4.27. The number of hydrogen-bond donors (Lipinski definition) is 0. The van der Waals surface area contributed by atoms with Crippen LogP contribution in [-0.2, 0) is 23.2 Å². The van der Waals surface area contributed by atoms with E-state index in [0.29, 0.717) is 12.3 Å². The van der Waals surface area contributed by atoms with E-state index in [9.17, 15) is 4.79 Å². The van der Waals surface area contributed by atoms with Crippen molar-refractivity contribution in [1.29, 1.82) is 0 Å². The summed E-state index contributed by atoms with van der Waals surface area (Å²) in [4.78, 5) is 15.4.